The van der Waals surface area contributed by atoms with Crippen LogP contribution in [0.2, 0.25) is 0 Å². The Hall–Kier alpha value is -1.83. The maximum absolute atomic E-state index is 11.7. The normalized spacial score (nSPS) is 20.0. The van der Waals surface area contributed by atoms with Crippen molar-refractivity contribution in [3.8, 4) is 0 Å². The van der Waals surface area contributed by atoms with Crippen LogP contribution < -0.4 is 16.4 Å². The zero-order chi connectivity index (χ0) is 15.8. The minimum absolute atomic E-state index is 0.00880. The number of likely N-dealkylation sites (tertiary alicyclic amines) is 1. The fraction of sp³-hybridized carbons (Fsp3) is 0.769. The fourth-order valence-corrected chi connectivity index (χ4v) is 2.36. The van der Waals surface area contributed by atoms with Crippen LogP contribution in [0.3, 0.4) is 0 Å². The lowest BCUT2D eigenvalue weighted by molar-refractivity contribution is -0.139. The summed E-state index contributed by atoms with van der Waals surface area (Å²) in [6.07, 6.45) is 0.939. The average Bonchev–Trinajstić information content (AvgIpc) is 2.88. The summed E-state index contributed by atoms with van der Waals surface area (Å²) in [6.45, 7) is 5.59. The van der Waals surface area contributed by atoms with Gasteiger partial charge in [-0.2, -0.15) is 0 Å². The lowest BCUT2D eigenvalue weighted by Crippen LogP contribution is -2.47. The van der Waals surface area contributed by atoms with Crippen LogP contribution in [0.4, 0.5) is 4.79 Å². The van der Waals surface area contributed by atoms with Crippen LogP contribution in [-0.2, 0) is 9.59 Å². The number of urea groups is 1. The van der Waals surface area contributed by atoms with Crippen LogP contribution in [0, 0.1) is 5.92 Å². The third-order valence-electron chi connectivity index (χ3n) is 3.65. The van der Waals surface area contributed by atoms with E-state index in [0.717, 1.165) is 26.1 Å². The highest BCUT2D eigenvalue weighted by molar-refractivity contribution is 5.83. The highest BCUT2D eigenvalue weighted by Gasteiger charge is 2.23. The van der Waals surface area contributed by atoms with Crippen molar-refractivity contribution in [2.45, 2.75) is 32.2 Å². The number of primary amides is 1. The van der Waals surface area contributed by atoms with Crippen LogP contribution in [0.15, 0.2) is 0 Å². The molecule has 0 aliphatic carbocycles. The van der Waals surface area contributed by atoms with E-state index in [0.29, 0.717) is 12.5 Å². The average molecular weight is 300 g/mol. The molecule has 0 aromatic carbocycles. The van der Waals surface area contributed by atoms with E-state index in [2.05, 4.69) is 22.5 Å². The van der Waals surface area contributed by atoms with Gasteiger partial charge in [-0.15, -0.1) is 0 Å². The molecular formula is C13H24N4O4. The van der Waals surface area contributed by atoms with Crippen molar-refractivity contribution in [2.24, 2.45) is 11.7 Å². The highest BCUT2D eigenvalue weighted by Crippen LogP contribution is 2.14. The van der Waals surface area contributed by atoms with Crippen molar-refractivity contribution in [3.05, 3.63) is 0 Å². The zero-order valence-electron chi connectivity index (χ0n) is 12.3. The van der Waals surface area contributed by atoms with Gasteiger partial charge >= 0.3 is 12.0 Å². The van der Waals surface area contributed by atoms with E-state index in [9.17, 15) is 14.4 Å². The number of nitrogens with zero attached hydrogens (tertiary/aromatic N) is 1. The molecule has 1 heterocycles. The van der Waals surface area contributed by atoms with Gasteiger partial charge in [0.1, 0.15) is 6.04 Å². The molecular weight excluding hydrogens is 276 g/mol. The van der Waals surface area contributed by atoms with Gasteiger partial charge in [0.25, 0.3) is 0 Å². The van der Waals surface area contributed by atoms with Gasteiger partial charge in [-0.25, -0.2) is 9.59 Å². The molecule has 0 radical (unpaired) electrons. The molecule has 21 heavy (non-hydrogen) atoms. The molecule has 1 fully saturated rings. The zero-order valence-corrected chi connectivity index (χ0v) is 12.3. The van der Waals surface area contributed by atoms with Gasteiger partial charge in [0.15, 0.2) is 0 Å². The Morgan fingerprint density at radius 1 is 1.43 bits per heavy atom. The van der Waals surface area contributed by atoms with Gasteiger partial charge in [0, 0.05) is 19.5 Å². The summed E-state index contributed by atoms with van der Waals surface area (Å²) >= 11 is 0. The van der Waals surface area contributed by atoms with Crippen molar-refractivity contribution in [3.63, 3.8) is 0 Å². The molecule has 0 saturated carbocycles. The molecule has 1 aliphatic rings. The van der Waals surface area contributed by atoms with E-state index in [1.807, 2.05) is 0 Å². The predicted molar refractivity (Wildman–Crippen MR) is 76.6 cm³/mol. The number of hydrogen-bond donors (Lipinski definition) is 4. The van der Waals surface area contributed by atoms with E-state index in [1.165, 1.54) is 0 Å². The smallest absolute Gasteiger partial charge is 0.326 e. The Morgan fingerprint density at radius 3 is 2.67 bits per heavy atom. The molecule has 0 aromatic heterocycles. The second kappa shape index (κ2) is 8.46. The van der Waals surface area contributed by atoms with E-state index in [-0.39, 0.29) is 12.8 Å². The first-order valence-electron chi connectivity index (χ1n) is 7.20. The molecule has 1 saturated heterocycles. The van der Waals surface area contributed by atoms with Crippen LogP contribution in [0.25, 0.3) is 0 Å². The van der Waals surface area contributed by atoms with E-state index in [1.54, 1.807) is 0 Å². The van der Waals surface area contributed by atoms with Crippen LogP contribution >= 0.6 is 0 Å². The summed E-state index contributed by atoms with van der Waals surface area (Å²) in [5.74, 6) is -1.37. The molecule has 120 valence electrons. The molecule has 5 N–H and O–H groups in total. The highest BCUT2D eigenvalue weighted by atomic mass is 16.4. The standard InChI is InChI=1S/C13H24N4O4/c1-2-17-6-5-9(8-17)7-15-13(21)16-10(12(19)20)3-4-11(14)18/h9-10H,2-8H2,1H3,(H2,14,18)(H,19,20)(H2,15,16,21)/t9?,10-/m1/s1. The van der Waals surface area contributed by atoms with Crippen molar-refractivity contribution in [2.75, 3.05) is 26.2 Å². The molecule has 0 aromatic rings. The molecule has 0 bridgehead atoms. The number of nitrogens with two attached hydrogens (primary N) is 1. The molecule has 8 nitrogen and oxygen atoms in total. The van der Waals surface area contributed by atoms with Gasteiger partial charge in [-0.1, -0.05) is 6.92 Å². The van der Waals surface area contributed by atoms with Gasteiger partial charge in [0.05, 0.1) is 0 Å². The Bertz CT molecular complexity index is 388. The van der Waals surface area contributed by atoms with Crippen LogP contribution in [0.1, 0.15) is 26.2 Å². The lowest BCUT2D eigenvalue weighted by atomic mass is 10.1. The van der Waals surface area contributed by atoms with Crippen molar-refractivity contribution < 1.29 is 19.5 Å². The summed E-state index contributed by atoms with van der Waals surface area (Å²) < 4.78 is 0. The Kier molecular flexibility index (Phi) is 6.93. The number of hydrogen-bond acceptors (Lipinski definition) is 4. The second-order valence-electron chi connectivity index (χ2n) is 5.30. The first kappa shape index (κ1) is 17.2. The molecule has 1 aliphatic heterocycles. The lowest BCUT2D eigenvalue weighted by Gasteiger charge is -2.17. The van der Waals surface area contributed by atoms with Crippen LogP contribution in [-0.4, -0.2) is 60.1 Å². The number of carboxylic acids is 1. The molecule has 3 amide bonds. The number of carbonyl (C=O) groups excluding carboxylic acids is 2. The summed E-state index contributed by atoms with van der Waals surface area (Å²) in [4.78, 5) is 35.7. The minimum atomic E-state index is -1.18. The minimum Gasteiger partial charge on any atom is -0.480 e. The third-order valence-corrected chi connectivity index (χ3v) is 3.65. The number of carboxylic acid groups (broad SMARTS) is 1. The summed E-state index contributed by atoms with van der Waals surface area (Å²) in [6, 6.07) is -1.63. The molecule has 1 unspecified atom stereocenters. The van der Waals surface area contributed by atoms with Crippen molar-refractivity contribution in [1.29, 1.82) is 0 Å². The largest absolute Gasteiger partial charge is 0.480 e. The fourth-order valence-electron chi connectivity index (χ4n) is 2.36. The maximum Gasteiger partial charge on any atom is 0.326 e. The van der Waals surface area contributed by atoms with Gasteiger partial charge in [0.2, 0.25) is 5.91 Å². The first-order chi connectivity index (χ1) is 9.92. The summed E-state index contributed by atoms with van der Waals surface area (Å²) in [5.41, 5.74) is 4.97. The molecule has 8 heteroatoms. The monoisotopic (exact) mass is 300 g/mol. The number of nitrogens with one attached hydrogen (secondary N) is 2. The first-order valence-corrected chi connectivity index (χ1v) is 7.20. The van der Waals surface area contributed by atoms with Crippen molar-refractivity contribution >= 4 is 17.9 Å². The number of carbonyl (C=O) groups is 3. The van der Waals surface area contributed by atoms with E-state index in [4.69, 9.17) is 10.8 Å². The maximum atomic E-state index is 11.7. The summed E-state index contributed by atoms with van der Waals surface area (Å²) in [5, 5.41) is 14.0. The number of aliphatic carboxylic acids is 1. The van der Waals surface area contributed by atoms with E-state index < -0.39 is 23.9 Å². The summed E-state index contributed by atoms with van der Waals surface area (Å²) in [7, 11) is 0. The number of rotatable bonds is 8. The quantitative estimate of drug-likeness (QED) is 0.474. The molecule has 0 spiro atoms. The molecule has 1 rings (SSSR count). The third kappa shape index (κ3) is 6.44. The molecule has 2 atom stereocenters. The van der Waals surface area contributed by atoms with Crippen molar-refractivity contribution in [1.82, 2.24) is 15.5 Å². The SMILES string of the molecule is CCN1CCC(CNC(=O)N[C@H](CCC(N)=O)C(=O)O)C1. The second-order valence-corrected chi connectivity index (χ2v) is 5.30. The Labute approximate surface area is 124 Å². The van der Waals surface area contributed by atoms with Gasteiger partial charge < -0.3 is 26.4 Å². The van der Waals surface area contributed by atoms with Crippen LogP contribution in [0.5, 0.6) is 0 Å². The Morgan fingerprint density at radius 2 is 2.14 bits per heavy atom. The topological polar surface area (TPSA) is 125 Å². The van der Waals surface area contributed by atoms with Gasteiger partial charge in [-0.05, 0) is 31.8 Å². The number of amides is 3. The Balaban J connectivity index is 2.30. The van der Waals surface area contributed by atoms with E-state index >= 15 is 0 Å². The van der Waals surface area contributed by atoms with Gasteiger partial charge in [-0.3, -0.25) is 4.79 Å². The predicted octanol–water partition coefficient (Wildman–Crippen LogP) is -0.654.